The fourth-order valence-electron chi connectivity index (χ4n) is 2.08. The Hall–Kier alpha value is -3.75. The summed E-state index contributed by atoms with van der Waals surface area (Å²) in [5.74, 6) is -0.398. The number of nitro groups is 1. The number of carbonyl (C=O) groups excluding carboxylic acids is 2. The van der Waals surface area contributed by atoms with Crippen LogP contribution >= 0.6 is 0 Å². The lowest BCUT2D eigenvalue weighted by atomic mass is 10.2. The van der Waals surface area contributed by atoms with E-state index in [1.165, 1.54) is 30.5 Å². The first kappa shape index (κ1) is 19.6. The van der Waals surface area contributed by atoms with Crippen LogP contribution in [-0.4, -0.2) is 36.1 Å². The minimum Gasteiger partial charge on any atom is -0.493 e. The highest BCUT2D eigenvalue weighted by atomic mass is 16.6. The Morgan fingerprint density at radius 1 is 1.19 bits per heavy atom. The molecular weight excluding hydrogens is 352 g/mol. The van der Waals surface area contributed by atoms with Gasteiger partial charge in [0, 0.05) is 23.3 Å². The van der Waals surface area contributed by atoms with Gasteiger partial charge in [0.1, 0.15) is 5.75 Å². The van der Waals surface area contributed by atoms with Gasteiger partial charge in [-0.25, -0.2) is 5.43 Å². The first-order chi connectivity index (χ1) is 13.0. The van der Waals surface area contributed by atoms with E-state index in [0.717, 1.165) is 0 Å². The van der Waals surface area contributed by atoms with Crippen molar-refractivity contribution in [3.8, 4) is 5.75 Å². The molecule has 9 nitrogen and oxygen atoms in total. The number of amides is 2. The van der Waals surface area contributed by atoms with Crippen molar-refractivity contribution in [2.75, 3.05) is 13.2 Å². The van der Waals surface area contributed by atoms with Gasteiger partial charge in [0.05, 0.1) is 24.3 Å². The number of nitrogens with zero attached hydrogens (tertiary/aromatic N) is 2. The van der Waals surface area contributed by atoms with Crippen LogP contribution in [0.2, 0.25) is 0 Å². The van der Waals surface area contributed by atoms with Crippen molar-refractivity contribution in [3.63, 3.8) is 0 Å². The zero-order valence-corrected chi connectivity index (χ0v) is 14.5. The van der Waals surface area contributed by atoms with Crippen LogP contribution in [0.3, 0.4) is 0 Å². The lowest BCUT2D eigenvalue weighted by molar-refractivity contribution is -0.384. The number of hydrazone groups is 1. The second-order valence-electron chi connectivity index (χ2n) is 5.25. The van der Waals surface area contributed by atoms with Gasteiger partial charge in [0.15, 0.2) is 0 Å². The summed E-state index contributed by atoms with van der Waals surface area (Å²) < 4.78 is 5.44. The predicted octanol–water partition coefficient (Wildman–Crippen LogP) is 1.87. The van der Waals surface area contributed by atoms with Crippen molar-refractivity contribution in [1.82, 2.24) is 10.7 Å². The molecule has 0 unspecified atom stereocenters. The van der Waals surface area contributed by atoms with Gasteiger partial charge in [-0.05, 0) is 31.2 Å². The van der Waals surface area contributed by atoms with Crippen LogP contribution < -0.4 is 15.5 Å². The minimum absolute atomic E-state index is 0.119. The standard InChI is InChI=1S/C18H18N4O5/c1-2-27-16-6-4-3-5-14(16)11-20-21-17(23)12-19-18(24)13-7-9-15(10-8-13)22(25)26/h3-11H,2,12H2,1H3,(H,19,24)(H,21,23)/b20-11+. The van der Waals surface area contributed by atoms with Crippen LogP contribution in [-0.2, 0) is 4.79 Å². The summed E-state index contributed by atoms with van der Waals surface area (Å²) in [4.78, 5) is 33.7. The van der Waals surface area contributed by atoms with Crippen molar-refractivity contribution in [2.24, 2.45) is 5.10 Å². The van der Waals surface area contributed by atoms with Crippen LogP contribution in [0.5, 0.6) is 5.75 Å². The molecule has 0 fully saturated rings. The average molecular weight is 370 g/mol. The van der Waals surface area contributed by atoms with Crippen molar-refractivity contribution in [2.45, 2.75) is 6.92 Å². The predicted molar refractivity (Wildman–Crippen MR) is 98.8 cm³/mol. The van der Waals surface area contributed by atoms with Gasteiger partial charge in [-0.15, -0.1) is 0 Å². The van der Waals surface area contributed by atoms with E-state index in [9.17, 15) is 19.7 Å². The molecule has 0 heterocycles. The van der Waals surface area contributed by atoms with E-state index in [0.29, 0.717) is 17.9 Å². The van der Waals surface area contributed by atoms with Crippen LogP contribution in [0.1, 0.15) is 22.8 Å². The fourth-order valence-corrected chi connectivity index (χ4v) is 2.08. The summed E-state index contributed by atoms with van der Waals surface area (Å²) in [7, 11) is 0. The smallest absolute Gasteiger partial charge is 0.269 e. The number of benzene rings is 2. The molecule has 0 aliphatic rings. The topological polar surface area (TPSA) is 123 Å². The molecule has 0 aliphatic carbocycles. The molecule has 2 aromatic rings. The number of hydrogen-bond acceptors (Lipinski definition) is 6. The maximum absolute atomic E-state index is 11.9. The molecule has 0 saturated carbocycles. The molecule has 27 heavy (non-hydrogen) atoms. The first-order valence-electron chi connectivity index (χ1n) is 8.07. The Bertz CT molecular complexity index is 849. The summed E-state index contributed by atoms with van der Waals surface area (Å²) in [5, 5.41) is 16.8. The Kier molecular flexibility index (Phi) is 7.00. The molecule has 0 atom stereocenters. The summed E-state index contributed by atoms with van der Waals surface area (Å²) in [5.41, 5.74) is 3.10. The van der Waals surface area contributed by atoms with Crippen LogP contribution in [0.15, 0.2) is 53.6 Å². The number of hydrogen-bond donors (Lipinski definition) is 2. The average Bonchev–Trinajstić information content (AvgIpc) is 2.67. The Morgan fingerprint density at radius 2 is 1.89 bits per heavy atom. The fraction of sp³-hybridized carbons (Fsp3) is 0.167. The molecule has 2 N–H and O–H groups in total. The second kappa shape index (κ2) is 9.66. The zero-order chi connectivity index (χ0) is 19.6. The second-order valence-corrected chi connectivity index (χ2v) is 5.25. The number of carbonyl (C=O) groups is 2. The highest BCUT2D eigenvalue weighted by Gasteiger charge is 2.10. The van der Waals surface area contributed by atoms with Crippen molar-refractivity contribution in [3.05, 3.63) is 69.8 Å². The van der Waals surface area contributed by atoms with Crippen molar-refractivity contribution >= 4 is 23.7 Å². The molecule has 2 amide bonds. The van der Waals surface area contributed by atoms with Gasteiger partial charge in [-0.2, -0.15) is 5.10 Å². The van der Waals surface area contributed by atoms with Crippen LogP contribution in [0, 0.1) is 10.1 Å². The molecule has 0 aromatic heterocycles. The quantitative estimate of drug-likeness (QED) is 0.417. The van der Waals surface area contributed by atoms with Gasteiger partial charge in [0.2, 0.25) is 0 Å². The maximum Gasteiger partial charge on any atom is 0.269 e. The molecular formula is C18H18N4O5. The summed E-state index contributed by atoms with van der Waals surface area (Å²) in [6.45, 7) is 2.08. The van der Waals surface area contributed by atoms with Crippen molar-refractivity contribution in [1.29, 1.82) is 0 Å². The lowest BCUT2D eigenvalue weighted by Gasteiger charge is -2.06. The summed E-state index contributed by atoms with van der Waals surface area (Å²) in [6, 6.07) is 12.3. The van der Waals surface area contributed by atoms with E-state index >= 15 is 0 Å². The molecule has 2 aromatic carbocycles. The number of nitro benzene ring substituents is 1. The molecule has 0 spiro atoms. The number of rotatable bonds is 8. The molecule has 0 aliphatic heterocycles. The number of para-hydroxylation sites is 1. The monoisotopic (exact) mass is 370 g/mol. The largest absolute Gasteiger partial charge is 0.493 e. The normalized spacial score (nSPS) is 10.4. The minimum atomic E-state index is -0.559. The number of nitrogens with one attached hydrogen (secondary N) is 2. The maximum atomic E-state index is 11.9. The number of ether oxygens (including phenoxy) is 1. The van der Waals surface area contributed by atoms with Crippen LogP contribution in [0.4, 0.5) is 5.69 Å². The van der Waals surface area contributed by atoms with Gasteiger partial charge in [-0.1, -0.05) is 12.1 Å². The molecule has 9 heteroatoms. The molecule has 0 bridgehead atoms. The van der Waals surface area contributed by atoms with E-state index in [1.54, 1.807) is 12.1 Å². The van der Waals surface area contributed by atoms with E-state index in [1.807, 2.05) is 19.1 Å². The Balaban J connectivity index is 1.84. The number of non-ortho nitro benzene ring substituents is 1. The highest BCUT2D eigenvalue weighted by molar-refractivity contribution is 5.96. The van der Waals surface area contributed by atoms with Gasteiger partial charge >= 0.3 is 0 Å². The van der Waals surface area contributed by atoms with E-state index in [-0.39, 0.29) is 17.8 Å². The zero-order valence-electron chi connectivity index (χ0n) is 14.5. The third kappa shape index (κ3) is 5.92. The SMILES string of the molecule is CCOc1ccccc1/C=N/NC(=O)CNC(=O)c1ccc([N+](=O)[O-])cc1. The molecule has 140 valence electrons. The summed E-state index contributed by atoms with van der Waals surface area (Å²) in [6.07, 6.45) is 1.45. The van der Waals surface area contributed by atoms with Gasteiger partial charge < -0.3 is 10.1 Å². The molecule has 2 rings (SSSR count). The Labute approximate surface area is 155 Å². The third-order valence-electron chi connectivity index (χ3n) is 3.36. The first-order valence-corrected chi connectivity index (χ1v) is 8.07. The summed E-state index contributed by atoms with van der Waals surface area (Å²) >= 11 is 0. The Morgan fingerprint density at radius 3 is 2.56 bits per heavy atom. The van der Waals surface area contributed by atoms with Gasteiger partial charge in [0.25, 0.3) is 17.5 Å². The molecule has 0 radical (unpaired) electrons. The van der Waals surface area contributed by atoms with E-state index in [2.05, 4.69) is 15.8 Å². The third-order valence-corrected chi connectivity index (χ3v) is 3.36. The van der Waals surface area contributed by atoms with Crippen molar-refractivity contribution < 1.29 is 19.2 Å². The highest BCUT2D eigenvalue weighted by Crippen LogP contribution is 2.15. The molecule has 0 saturated heterocycles. The van der Waals surface area contributed by atoms with E-state index in [4.69, 9.17) is 4.74 Å². The van der Waals surface area contributed by atoms with E-state index < -0.39 is 16.7 Å². The lowest BCUT2D eigenvalue weighted by Crippen LogP contribution is -2.34. The van der Waals surface area contributed by atoms with Crippen LogP contribution in [0.25, 0.3) is 0 Å². The van der Waals surface area contributed by atoms with Gasteiger partial charge in [-0.3, -0.25) is 19.7 Å².